The van der Waals surface area contributed by atoms with Gasteiger partial charge in [-0.15, -0.1) is 0 Å². The van der Waals surface area contributed by atoms with E-state index >= 15 is 0 Å². The molecule has 0 aliphatic carbocycles. The number of carbonyl (C=O) groups excluding carboxylic acids is 1. The highest BCUT2D eigenvalue weighted by Crippen LogP contribution is 2.33. The third kappa shape index (κ3) is 4.28. The Morgan fingerprint density at radius 2 is 2.06 bits per heavy atom. The SMILES string of the molecule is Cc1nc(NC(=O)CCCn2cnc3c(C)cccc3c2=O)sc1-c1nccn1C(F)F. The molecule has 3 aromatic heterocycles. The smallest absolute Gasteiger partial charge is 0.302 e. The van der Waals surface area contributed by atoms with Gasteiger partial charge in [0.1, 0.15) is 0 Å². The molecule has 166 valence electrons. The molecule has 0 radical (unpaired) electrons. The molecule has 0 spiro atoms. The monoisotopic (exact) mass is 458 g/mol. The van der Waals surface area contributed by atoms with Crippen LogP contribution in [0, 0.1) is 13.8 Å². The van der Waals surface area contributed by atoms with Gasteiger partial charge in [-0.1, -0.05) is 23.5 Å². The summed E-state index contributed by atoms with van der Waals surface area (Å²) in [6, 6.07) is 5.45. The van der Waals surface area contributed by atoms with Gasteiger partial charge in [0.25, 0.3) is 5.56 Å². The lowest BCUT2D eigenvalue weighted by atomic mass is 10.1. The first-order chi connectivity index (χ1) is 15.3. The molecule has 0 saturated heterocycles. The summed E-state index contributed by atoms with van der Waals surface area (Å²) in [5, 5.41) is 3.55. The molecule has 32 heavy (non-hydrogen) atoms. The molecular weight excluding hydrogens is 438 g/mol. The summed E-state index contributed by atoms with van der Waals surface area (Å²) in [4.78, 5) is 38.0. The average molecular weight is 458 g/mol. The molecule has 0 atom stereocenters. The number of aryl methyl sites for hydroxylation is 3. The van der Waals surface area contributed by atoms with Crippen molar-refractivity contribution in [2.75, 3.05) is 5.32 Å². The summed E-state index contributed by atoms with van der Waals surface area (Å²) in [7, 11) is 0. The molecule has 11 heteroatoms. The van der Waals surface area contributed by atoms with E-state index in [0.29, 0.717) is 39.6 Å². The van der Waals surface area contributed by atoms with Crippen molar-refractivity contribution in [2.24, 2.45) is 0 Å². The van der Waals surface area contributed by atoms with Gasteiger partial charge in [-0.3, -0.25) is 18.7 Å². The molecule has 0 saturated carbocycles. The summed E-state index contributed by atoms with van der Waals surface area (Å²) in [6.45, 7) is 1.20. The number of anilines is 1. The zero-order chi connectivity index (χ0) is 22.8. The van der Waals surface area contributed by atoms with Gasteiger partial charge in [0.2, 0.25) is 5.91 Å². The van der Waals surface area contributed by atoms with Gasteiger partial charge in [-0.05, 0) is 31.9 Å². The van der Waals surface area contributed by atoms with Crippen LogP contribution in [-0.2, 0) is 11.3 Å². The van der Waals surface area contributed by atoms with Crippen LogP contribution >= 0.6 is 11.3 Å². The van der Waals surface area contributed by atoms with E-state index in [4.69, 9.17) is 0 Å². The number of carbonyl (C=O) groups is 1. The molecule has 1 N–H and O–H groups in total. The fourth-order valence-corrected chi connectivity index (χ4v) is 4.38. The number of rotatable bonds is 7. The number of imidazole rings is 1. The molecule has 3 heterocycles. The summed E-state index contributed by atoms with van der Waals surface area (Å²) in [5.74, 6) is -0.172. The minimum Gasteiger partial charge on any atom is -0.302 e. The van der Waals surface area contributed by atoms with Gasteiger partial charge in [0.05, 0.1) is 27.8 Å². The maximum absolute atomic E-state index is 13.1. The normalized spacial score (nSPS) is 11.4. The van der Waals surface area contributed by atoms with Crippen molar-refractivity contribution in [1.29, 1.82) is 0 Å². The van der Waals surface area contributed by atoms with E-state index in [9.17, 15) is 18.4 Å². The van der Waals surface area contributed by atoms with E-state index in [0.717, 1.165) is 21.5 Å². The number of para-hydroxylation sites is 1. The van der Waals surface area contributed by atoms with Gasteiger partial charge in [0.15, 0.2) is 11.0 Å². The molecule has 0 aliphatic rings. The van der Waals surface area contributed by atoms with E-state index in [1.54, 1.807) is 13.0 Å². The van der Waals surface area contributed by atoms with E-state index in [1.807, 2.05) is 19.1 Å². The van der Waals surface area contributed by atoms with E-state index in [2.05, 4.69) is 20.3 Å². The quantitative estimate of drug-likeness (QED) is 0.449. The van der Waals surface area contributed by atoms with Gasteiger partial charge < -0.3 is 5.32 Å². The summed E-state index contributed by atoms with van der Waals surface area (Å²) in [6.07, 6.45) is 4.58. The number of aromatic nitrogens is 5. The molecule has 4 aromatic rings. The first kappa shape index (κ1) is 21.8. The lowest BCUT2D eigenvalue weighted by molar-refractivity contribution is -0.116. The van der Waals surface area contributed by atoms with E-state index in [-0.39, 0.29) is 23.7 Å². The molecule has 8 nitrogen and oxygen atoms in total. The largest absolute Gasteiger partial charge is 0.320 e. The third-order valence-corrected chi connectivity index (χ3v) is 6.05. The molecule has 0 bridgehead atoms. The Bertz CT molecular complexity index is 1340. The second-order valence-electron chi connectivity index (χ2n) is 7.24. The lowest BCUT2D eigenvalue weighted by Gasteiger charge is -2.07. The minimum absolute atomic E-state index is 0.105. The number of alkyl halides is 2. The van der Waals surface area contributed by atoms with Gasteiger partial charge >= 0.3 is 6.55 Å². The van der Waals surface area contributed by atoms with Crippen molar-refractivity contribution in [3.05, 3.63) is 58.5 Å². The molecule has 0 unspecified atom stereocenters. The van der Waals surface area contributed by atoms with Crippen LogP contribution < -0.4 is 10.9 Å². The lowest BCUT2D eigenvalue weighted by Crippen LogP contribution is -2.22. The molecule has 1 amide bonds. The average Bonchev–Trinajstić information content (AvgIpc) is 3.36. The summed E-state index contributed by atoms with van der Waals surface area (Å²) in [5.41, 5.74) is 1.96. The van der Waals surface area contributed by atoms with Crippen molar-refractivity contribution < 1.29 is 13.6 Å². The zero-order valence-corrected chi connectivity index (χ0v) is 18.2. The number of fused-ring (bicyclic) bond motifs is 1. The second-order valence-corrected chi connectivity index (χ2v) is 8.23. The van der Waals surface area contributed by atoms with Crippen molar-refractivity contribution in [1.82, 2.24) is 24.1 Å². The van der Waals surface area contributed by atoms with Crippen molar-refractivity contribution in [3.8, 4) is 10.7 Å². The highest BCUT2D eigenvalue weighted by Gasteiger charge is 2.19. The molecular formula is C21H20F2N6O2S. The Labute approximate surface area is 185 Å². The molecule has 4 rings (SSSR count). The predicted molar refractivity (Wildman–Crippen MR) is 118 cm³/mol. The van der Waals surface area contributed by atoms with Crippen LogP contribution in [0.5, 0.6) is 0 Å². The Kier molecular flexibility index (Phi) is 6.08. The first-order valence-electron chi connectivity index (χ1n) is 9.88. The Morgan fingerprint density at radius 1 is 1.25 bits per heavy atom. The number of benzene rings is 1. The van der Waals surface area contributed by atoms with Crippen LogP contribution in [0.3, 0.4) is 0 Å². The van der Waals surface area contributed by atoms with Crippen LogP contribution in [0.4, 0.5) is 13.9 Å². The number of hydrogen-bond donors (Lipinski definition) is 1. The van der Waals surface area contributed by atoms with Gasteiger partial charge in [-0.25, -0.2) is 15.0 Å². The second kappa shape index (κ2) is 8.95. The van der Waals surface area contributed by atoms with Crippen molar-refractivity contribution >= 4 is 33.3 Å². The molecule has 0 fully saturated rings. The summed E-state index contributed by atoms with van der Waals surface area (Å²) < 4.78 is 28.5. The molecule has 1 aromatic carbocycles. The third-order valence-electron chi connectivity index (χ3n) is 4.98. The number of halogens is 2. The van der Waals surface area contributed by atoms with E-state index in [1.165, 1.54) is 23.3 Å². The minimum atomic E-state index is -2.72. The fraction of sp³-hybridized carbons (Fsp3) is 0.286. The van der Waals surface area contributed by atoms with Crippen molar-refractivity contribution in [3.63, 3.8) is 0 Å². The number of amides is 1. The number of thiazole rings is 1. The molecule has 0 aliphatic heterocycles. The van der Waals surface area contributed by atoms with Crippen LogP contribution in [0.1, 0.15) is 30.6 Å². The van der Waals surface area contributed by atoms with Crippen LogP contribution in [0.15, 0.2) is 41.7 Å². The van der Waals surface area contributed by atoms with Gasteiger partial charge in [0, 0.05) is 25.4 Å². The maximum atomic E-state index is 13.1. The van der Waals surface area contributed by atoms with Crippen molar-refractivity contribution in [2.45, 2.75) is 39.8 Å². The highest BCUT2D eigenvalue weighted by molar-refractivity contribution is 7.19. The van der Waals surface area contributed by atoms with E-state index < -0.39 is 6.55 Å². The summed E-state index contributed by atoms with van der Waals surface area (Å²) >= 11 is 1.09. The first-order valence-corrected chi connectivity index (χ1v) is 10.7. The van der Waals surface area contributed by atoms with Crippen LogP contribution in [0.2, 0.25) is 0 Å². The number of nitrogens with zero attached hydrogens (tertiary/aromatic N) is 5. The Balaban J connectivity index is 1.39. The fourth-order valence-electron chi connectivity index (χ4n) is 3.39. The van der Waals surface area contributed by atoms with Gasteiger partial charge in [-0.2, -0.15) is 8.78 Å². The standard InChI is InChI=1S/C21H20F2N6O2S/c1-12-5-3-6-14-16(12)25-11-28(19(14)31)9-4-7-15(30)27-21-26-13(2)17(32-21)18-24-8-10-29(18)20(22)23/h3,5-6,8,10-11,20H,4,7,9H2,1-2H3,(H,26,27,30). The Hall–Kier alpha value is -3.47. The Morgan fingerprint density at radius 3 is 2.84 bits per heavy atom. The number of nitrogens with one attached hydrogen (secondary N) is 1. The topological polar surface area (TPSA) is 94.7 Å². The van der Waals surface area contributed by atoms with Crippen LogP contribution in [-0.4, -0.2) is 30.0 Å². The predicted octanol–water partition coefficient (Wildman–Crippen LogP) is 4.15. The highest BCUT2D eigenvalue weighted by atomic mass is 32.1. The number of hydrogen-bond acceptors (Lipinski definition) is 6. The maximum Gasteiger partial charge on any atom is 0.320 e. The zero-order valence-electron chi connectivity index (χ0n) is 17.4. The van der Waals surface area contributed by atoms with Crippen LogP contribution in [0.25, 0.3) is 21.6 Å².